The summed E-state index contributed by atoms with van der Waals surface area (Å²) in [6.07, 6.45) is 3.63. The fourth-order valence-corrected chi connectivity index (χ4v) is 2.25. The van der Waals surface area contributed by atoms with Crippen molar-refractivity contribution in [1.82, 2.24) is 20.2 Å². The van der Waals surface area contributed by atoms with E-state index >= 15 is 0 Å². The van der Waals surface area contributed by atoms with Crippen LogP contribution < -0.4 is 5.32 Å². The molecule has 2 heterocycles. The molecule has 1 fully saturated rings. The Labute approximate surface area is 115 Å². The van der Waals surface area contributed by atoms with Crippen LogP contribution in [0.5, 0.6) is 0 Å². The molecule has 3 rings (SSSR count). The Balaban J connectivity index is 1.70. The van der Waals surface area contributed by atoms with Crippen LogP contribution in [0.25, 0.3) is 0 Å². The first kappa shape index (κ1) is 12.4. The summed E-state index contributed by atoms with van der Waals surface area (Å²) in [7, 11) is 0. The highest BCUT2D eigenvalue weighted by Crippen LogP contribution is 2.14. The van der Waals surface area contributed by atoms with Gasteiger partial charge in [-0.25, -0.2) is 9.78 Å². The molecule has 1 saturated heterocycles. The van der Waals surface area contributed by atoms with E-state index in [9.17, 15) is 9.59 Å². The Bertz CT molecular complexity index is 609. The number of carbonyl (C=O) groups is 2. The molecule has 6 heteroatoms. The van der Waals surface area contributed by atoms with Crippen molar-refractivity contribution in [3.05, 3.63) is 54.1 Å². The molecule has 0 spiro atoms. The van der Waals surface area contributed by atoms with E-state index in [0.29, 0.717) is 13.0 Å². The molecule has 2 N–H and O–H groups in total. The van der Waals surface area contributed by atoms with Gasteiger partial charge in [-0.2, -0.15) is 0 Å². The van der Waals surface area contributed by atoms with Crippen LogP contribution >= 0.6 is 0 Å². The number of nitrogens with zero attached hydrogens (tertiary/aromatic N) is 2. The van der Waals surface area contributed by atoms with E-state index in [-0.39, 0.29) is 11.9 Å². The van der Waals surface area contributed by atoms with Crippen LogP contribution in [0.15, 0.2) is 42.9 Å². The van der Waals surface area contributed by atoms with Gasteiger partial charge < -0.3 is 10.3 Å². The summed E-state index contributed by atoms with van der Waals surface area (Å²) in [6, 6.07) is 8.59. The second-order valence-electron chi connectivity index (χ2n) is 4.69. The normalized spacial score (nSPS) is 18.4. The summed E-state index contributed by atoms with van der Waals surface area (Å²) < 4.78 is 0. The molecule has 1 aliphatic heterocycles. The summed E-state index contributed by atoms with van der Waals surface area (Å²) in [4.78, 5) is 32.2. The summed E-state index contributed by atoms with van der Waals surface area (Å²) in [6.45, 7) is 0.297. The number of aromatic nitrogens is 2. The molecule has 6 nitrogen and oxygen atoms in total. The molecule has 1 aromatic carbocycles. The van der Waals surface area contributed by atoms with Crippen molar-refractivity contribution in [2.45, 2.75) is 19.0 Å². The van der Waals surface area contributed by atoms with Crippen molar-refractivity contribution in [3.63, 3.8) is 0 Å². The number of H-pyrrole nitrogens is 1. The molecule has 0 bridgehead atoms. The Hall–Kier alpha value is -2.63. The van der Waals surface area contributed by atoms with Crippen LogP contribution in [0.2, 0.25) is 0 Å². The molecule has 0 unspecified atom stereocenters. The monoisotopic (exact) mass is 270 g/mol. The molecule has 1 aromatic heterocycles. The lowest BCUT2D eigenvalue weighted by Gasteiger charge is -2.12. The van der Waals surface area contributed by atoms with Gasteiger partial charge in [0.05, 0.1) is 12.9 Å². The van der Waals surface area contributed by atoms with Crippen molar-refractivity contribution in [1.29, 1.82) is 0 Å². The average molecular weight is 270 g/mol. The van der Waals surface area contributed by atoms with E-state index in [1.165, 1.54) is 4.90 Å². The molecule has 0 radical (unpaired) electrons. The number of carbonyl (C=O) groups excluding carboxylic acids is 2. The second-order valence-corrected chi connectivity index (χ2v) is 4.69. The van der Waals surface area contributed by atoms with Gasteiger partial charge in [0.1, 0.15) is 6.04 Å². The van der Waals surface area contributed by atoms with Crippen molar-refractivity contribution in [3.8, 4) is 0 Å². The third-order valence-electron chi connectivity index (χ3n) is 3.27. The Morgan fingerprint density at radius 2 is 2.00 bits per heavy atom. The maximum atomic E-state index is 12.3. The van der Waals surface area contributed by atoms with E-state index in [1.807, 2.05) is 30.3 Å². The number of aromatic amines is 1. The molecule has 102 valence electrons. The number of urea groups is 1. The minimum absolute atomic E-state index is 0.201. The molecule has 0 aliphatic carbocycles. The van der Waals surface area contributed by atoms with Gasteiger partial charge in [-0.15, -0.1) is 0 Å². The summed E-state index contributed by atoms with van der Waals surface area (Å²) in [5.74, 6) is -0.201. The number of nitrogens with one attached hydrogen (secondary N) is 2. The van der Waals surface area contributed by atoms with Gasteiger partial charge in [0.15, 0.2) is 0 Å². The minimum Gasteiger partial charge on any atom is -0.348 e. The summed E-state index contributed by atoms with van der Waals surface area (Å²) >= 11 is 0. The number of imide groups is 1. The summed E-state index contributed by atoms with van der Waals surface area (Å²) in [5, 5.41) is 2.70. The van der Waals surface area contributed by atoms with Crippen LogP contribution in [0.1, 0.15) is 11.3 Å². The van der Waals surface area contributed by atoms with Gasteiger partial charge in [-0.05, 0) is 5.56 Å². The van der Waals surface area contributed by atoms with E-state index in [2.05, 4.69) is 15.3 Å². The first-order valence-electron chi connectivity index (χ1n) is 6.37. The van der Waals surface area contributed by atoms with Crippen molar-refractivity contribution in [2.24, 2.45) is 0 Å². The number of rotatable bonds is 4. The van der Waals surface area contributed by atoms with Crippen molar-refractivity contribution < 1.29 is 9.59 Å². The van der Waals surface area contributed by atoms with Crippen LogP contribution in [0.3, 0.4) is 0 Å². The van der Waals surface area contributed by atoms with Gasteiger partial charge in [0, 0.05) is 18.3 Å². The van der Waals surface area contributed by atoms with Gasteiger partial charge in [-0.1, -0.05) is 30.3 Å². The molecule has 20 heavy (non-hydrogen) atoms. The number of benzene rings is 1. The van der Waals surface area contributed by atoms with Crippen molar-refractivity contribution >= 4 is 11.9 Å². The maximum absolute atomic E-state index is 12.3. The van der Waals surface area contributed by atoms with E-state index in [1.54, 1.807) is 12.5 Å². The zero-order valence-corrected chi connectivity index (χ0v) is 10.7. The fraction of sp³-hybridized carbons (Fsp3) is 0.214. The smallest absolute Gasteiger partial charge is 0.325 e. The number of hydrogen-bond acceptors (Lipinski definition) is 3. The topological polar surface area (TPSA) is 78.1 Å². The Morgan fingerprint density at radius 3 is 2.70 bits per heavy atom. The fourth-order valence-electron chi connectivity index (χ4n) is 2.25. The molecule has 1 aliphatic rings. The molecular weight excluding hydrogens is 256 g/mol. The average Bonchev–Trinajstić information content (AvgIpc) is 3.05. The molecule has 2 aromatic rings. The van der Waals surface area contributed by atoms with Crippen LogP contribution in [0, 0.1) is 0 Å². The lowest BCUT2D eigenvalue weighted by molar-refractivity contribution is -0.127. The predicted molar refractivity (Wildman–Crippen MR) is 71.6 cm³/mol. The van der Waals surface area contributed by atoms with Gasteiger partial charge >= 0.3 is 6.03 Å². The Morgan fingerprint density at radius 1 is 1.20 bits per heavy atom. The number of amides is 3. The quantitative estimate of drug-likeness (QED) is 0.816. The summed E-state index contributed by atoms with van der Waals surface area (Å²) in [5.41, 5.74) is 1.75. The lowest BCUT2D eigenvalue weighted by Crippen LogP contribution is -2.32. The van der Waals surface area contributed by atoms with Crippen molar-refractivity contribution in [2.75, 3.05) is 0 Å². The van der Waals surface area contributed by atoms with Crippen LogP contribution in [-0.2, 0) is 17.8 Å². The van der Waals surface area contributed by atoms with Gasteiger partial charge in [-0.3, -0.25) is 9.69 Å². The zero-order chi connectivity index (χ0) is 13.9. The number of hydrogen-bond donors (Lipinski definition) is 2. The molecule has 3 amide bonds. The Kier molecular flexibility index (Phi) is 3.20. The van der Waals surface area contributed by atoms with Gasteiger partial charge in [0.25, 0.3) is 5.91 Å². The zero-order valence-electron chi connectivity index (χ0n) is 10.7. The molecular formula is C14H14N4O2. The van der Waals surface area contributed by atoms with Crippen LogP contribution in [-0.4, -0.2) is 32.8 Å². The highest BCUT2D eigenvalue weighted by molar-refractivity contribution is 6.04. The predicted octanol–water partition coefficient (Wildman–Crippen LogP) is 1.07. The van der Waals surface area contributed by atoms with E-state index in [0.717, 1.165) is 11.3 Å². The van der Waals surface area contributed by atoms with E-state index < -0.39 is 6.04 Å². The molecule has 0 saturated carbocycles. The molecule has 1 atom stereocenters. The maximum Gasteiger partial charge on any atom is 0.325 e. The third-order valence-corrected chi connectivity index (χ3v) is 3.27. The van der Waals surface area contributed by atoms with Crippen LogP contribution in [0.4, 0.5) is 4.79 Å². The first-order valence-corrected chi connectivity index (χ1v) is 6.37. The highest BCUT2D eigenvalue weighted by Gasteiger charge is 2.37. The lowest BCUT2D eigenvalue weighted by atomic mass is 10.1. The second kappa shape index (κ2) is 5.16. The van der Waals surface area contributed by atoms with Gasteiger partial charge in [0.2, 0.25) is 0 Å². The van der Waals surface area contributed by atoms with E-state index in [4.69, 9.17) is 0 Å². The minimum atomic E-state index is -0.522. The largest absolute Gasteiger partial charge is 0.348 e. The number of imidazole rings is 1. The third kappa shape index (κ3) is 2.40. The SMILES string of the molecule is O=C1N[C@H](Cc2cnc[nH]2)C(=O)N1Cc1ccccc1. The standard InChI is InChI=1S/C14H14N4O2/c19-13-12(6-11-7-15-9-16-11)17-14(20)18(13)8-10-4-2-1-3-5-10/h1-5,7,9,12H,6,8H2,(H,15,16)(H,17,20)/t12-/m1/s1. The first-order chi connectivity index (χ1) is 9.74. The highest BCUT2D eigenvalue weighted by atomic mass is 16.2.